The molecule has 0 aromatic carbocycles. The molecule has 0 aromatic heterocycles. The Labute approximate surface area is 122 Å². The van der Waals surface area contributed by atoms with Gasteiger partial charge in [-0.2, -0.15) is 0 Å². The lowest BCUT2D eigenvalue weighted by Gasteiger charge is -2.36. The Morgan fingerprint density at radius 2 is 1.75 bits per heavy atom. The van der Waals surface area contributed by atoms with E-state index in [1.165, 1.54) is 32.1 Å². The van der Waals surface area contributed by atoms with Gasteiger partial charge in [-0.1, -0.05) is 6.42 Å². The van der Waals surface area contributed by atoms with E-state index in [2.05, 4.69) is 16.8 Å². The average Bonchev–Trinajstić information content (AvgIpc) is 2.68. The molecule has 3 rings (SSSR count). The first kappa shape index (κ1) is 14.3. The fourth-order valence-electron chi connectivity index (χ4n) is 4.14. The standard InChI is InChI=1S/C16H28N2O2/c1-17-13-5-6-14(17)12-15(11-13)20-16(19)7-10-18-8-3-2-4-9-18/h13-15H,2-12H2,1H3/t13-,14+,15?. The summed E-state index contributed by atoms with van der Waals surface area (Å²) in [5.74, 6) is 0.0181. The minimum Gasteiger partial charge on any atom is -0.462 e. The molecule has 3 heterocycles. The quantitative estimate of drug-likeness (QED) is 0.738. The van der Waals surface area contributed by atoms with Crippen molar-refractivity contribution < 1.29 is 9.53 Å². The molecular weight excluding hydrogens is 252 g/mol. The van der Waals surface area contributed by atoms with Crippen molar-refractivity contribution in [1.29, 1.82) is 0 Å². The fourth-order valence-corrected chi connectivity index (χ4v) is 4.14. The van der Waals surface area contributed by atoms with Crippen molar-refractivity contribution in [2.24, 2.45) is 0 Å². The molecule has 0 aromatic rings. The largest absolute Gasteiger partial charge is 0.462 e. The molecular formula is C16H28N2O2. The van der Waals surface area contributed by atoms with Crippen molar-refractivity contribution in [2.75, 3.05) is 26.7 Å². The van der Waals surface area contributed by atoms with Crippen LogP contribution < -0.4 is 0 Å². The van der Waals surface area contributed by atoms with E-state index in [1.807, 2.05) is 0 Å². The molecule has 3 aliphatic rings. The summed E-state index contributed by atoms with van der Waals surface area (Å²) < 4.78 is 5.72. The summed E-state index contributed by atoms with van der Waals surface area (Å²) in [6.07, 6.45) is 9.32. The normalized spacial score (nSPS) is 35.1. The first-order chi connectivity index (χ1) is 9.72. The van der Waals surface area contributed by atoms with Gasteiger partial charge in [0.2, 0.25) is 0 Å². The molecule has 0 N–H and O–H groups in total. The van der Waals surface area contributed by atoms with Gasteiger partial charge in [0.05, 0.1) is 6.42 Å². The molecule has 1 unspecified atom stereocenters. The zero-order valence-electron chi connectivity index (χ0n) is 12.7. The minimum atomic E-state index is 0.0181. The Morgan fingerprint density at radius 1 is 1.10 bits per heavy atom. The average molecular weight is 280 g/mol. The second-order valence-corrected chi connectivity index (χ2v) is 6.79. The van der Waals surface area contributed by atoms with Crippen LogP contribution in [0, 0.1) is 0 Å². The number of fused-ring (bicyclic) bond motifs is 2. The molecule has 3 atom stereocenters. The van der Waals surface area contributed by atoms with E-state index in [4.69, 9.17) is 4.74 Å². The van der Waals surface area contributed by atoms with Crippen LogP contribution >= 0.6 is 0 Å². The van der Waals surface area contributed by atoms with Gasteiger partial charge >= 0.3 is 5.97 Å². The van der Waals surface area contributed by atoms with Gasteiger partial charge in [-0.15, -0.1) is 0 Å². The minimum absolute atomic E-state index is 0.0181. The Kier molecular flexibility index (Phi) is 4.61. The van der Waals surface area contributed by atoms with Gasteiger partial charge in [0.1, 0.15) is 6.10 Å². The van der Waals surface area contributed by atoms with E-state index in [0.29, 0.717) is 18.5 Å². The molecule has 0 aliphatic carbocycles. The van der Waals surface area contributed by atoms with E-state index in [9.17, 15) is 4.79 Å². The van der Waals surface area contributed by atoms with Crippen LogP contribution in [0.15, 0.2) is 0 Å². The van der Waals surface area contributed by atoms with E-state index in [1.54, 1.807) is 0 Å². The number of hydrogen-bond acceptors (Lipinski definition) is 4. The van der Waals surface area contributed by atoms with Crippen molar-refractivity contribution >= 4 is 5.97 Å². The second-order valence-electron chi connectivity index (χ2n) is 6.79. The SMILES string of the molecule is CN1[C@@H]2CC[C@H]1CC(OC(=O)CCN1CCCCC1)C2. The van der Waals surface area contributed by atoms with E-state index >= 15 is 0 Å². The van der Waals surface area contributed by atoms with Crippen molar-refractivity contribution in [3.63, 3.8) is 0 Å². The van der Waals surface area contributed by atoms with E-state index in [-0.39, 0.29) is 12.1 Å². The maximum atomic E-state index is 12.0. The van der Waals surface area contributed by atoms with Crippen LogP contribution in [0.2, 0.25) is 0 Å². The van der Waals surface area contributed by atoms with E-state index in [0.717, 1.165) is 32.5 Å². The monoisotopic (exact) mass is 280 g/mol. The van der Waals surface area contributed by atoms with Crippen LogP contribution in [-0.4, -0.2) is 60.6 Å². The Morgan fingerprint density at radius 3 is 2.40 bits per heavy atom. The predicted octanol–water partition coefficient (Wildman–Crippen LogP) is 2.03. The molecule has 0 saturated carbocycles. The molecule has 3 fully saturated rings. The lowest BCUT2D eigenvalue weighted by atomic mass is 10.0. The Balaban J connectivity index is 1.38. The molecule has 20 heavy (non-hydrogen) atoms. The van der Waals surface area contributed by atoms with Gasteiger partial charge in [-0.3, -0.25) is 4.79 Å². The van der Waals surface area contributed by atoms with Gasteiger partial charge in [0.25, 0.3) is 0 Å². The Hall–Kier alpha value is -0.610. The molecule has 0 radical (unpaired) electrons. The molecule has 4 nitrogen and oxygen atoms in total. The highest BCUT2D eigenvalue weighted by Gasteiger charge is 2.39. The lowest BCUT2D eigenvalue weighted by molar-refractivity contribution is -0.152. The molecule has 0 spiro atoms. The van der Waals surface area contributed by atoms with Crippen molar-refractivity contribution in [3.05, 3.63) is 0 Å². The number of carbonyl (C=O) groups excluding carboxylic acids is 1. The number of nitrogens with zero attached hydrogens (tertiary/aromatic N) is 2. The van der Waals surface area contributed by atoms with Gasteiger partial charge in [-0.25, -0.2) is 0 Å². The summed E-state index contributed by atoms with van der Waals surface area (Å²) in [4.78, 5) is 16.9. The summed E-state index contributed by atoms with van der Waals surface area (Å²) in [6, 6.07) is 1.29. The topological polar surface area (TPSA) is 32.8 Å². The number of hydrogen-bond donors (Lipinski definition) is 0. The zero-order valence-corrected chi connectivity index (χ0v) is 12.7. The first-order valence-electron chi connectivity index (χ1n) is 8.36. The number of ether oxygens (including phenoxy) is 1. The zero-order chi connectivity index (χ0) is 13.9. The molecule has 3 aliphatic heterocycles. The van der Waals surface area contributed by atoms with Gasteiger partial charge in [0.15, 0.2) is 0 Å². The third-order valence-electron chi connectivity index (χ3n) is 5.43. The van der Waals surface area contributed by atoms with Gasteiger partial charge in [-0.05, 0) is 58.7 Å². The molecule has 3 saturated heterocycles. The highest BCUT2D eigenvalue weighted by Crippen LogP contribution is 2.35. The first-order valence-corrected chi connectivity index (χ1v) is 8.36. The molecule has 114 valence electrons. The van der Waals surface area contributed by atoms with Crippen LogP contribution in [0.3, 0.4) is 0 Å². The number of piperidine rings is 2. The van der Waals surface area contributed by atoms with E-state index < -0.39 is 0 Å². The highest BCUT2D eigenvalue weighted by molar-refractivity contribution is 5.69. The van der Waals surface area contributed by atoms with Gasteiger partial charge in [0, 0.05) is 18.6 Å². The summed E-state index contributed by atoms with van der Waals surface area (Å²) in [7, 11) is 2.22. The Bertz CT molecular complexity index is 327. The smallest absolute Gasteiger partial charge is 0.307 e. The van der Waals surface area contributed by atoms with Gasteiger partial charge < -0.3 is 14.5 Å². The summed E-state index contributed by atoms with van der Waals surface area (Å²) in [5, 5.41) is 0. The van der Waals surface area contributed by atoms with Crippen LogP contribution in [0.25, 0.3) is 0 Å². The van der Waals surface area contributed by atoms with Crippen LogP contribution in [-0.2, 0) is 9.53 Å². The van der Waals surface area contributed by atoms with Crippen molar-refractivity contribution in [1.82, 2.24) is 9.80 Å². The van der Waals surface area contributed by atoms with Crippen LogP contribution in [0.4, 0.5) is 0 Å². The fraction of sp³-hybridized carbons (Fsp3) is 0.938. The maximum Gasteiger partial charge on any atom is 0.307 e. The maximum absolute atomic E-state index is 12.0. The number of likely N-dealkylation sites (tertiary alicyclic amines) is 1. The van der Waals surface area contributed by atoms with Crippen molar-refractivity contribution in [2.45, 2.75) is 69.6 Å². The van der Waals surface area contributed by atoms with Crippen molar-refractivity contribution in [3.8, 4) is 0 Å². The molecule has 2 bridgehead atoms. The second kappa shape index (κ2) is 6.44. The van der Waals surface area contributed by atoms with Crippen LogP contribution in [0.5, 0.6) is 0 Å². The lowest BCUT2D eigenvalue weighted by Crippen LogP contribution is -2.43. The highest BCUT2D eigenvalue weighted by atomic mass is 16.5. The molecule has 0 amide bonds. The number of rotatable bonds is 4. The predicted molar refractivity (Wildman–Crippen MR) is 78.6 cm³/mol. The van der Waals surface area contributed by atoms with Crippen LogP contribution in [0.1, 0.15) is 51.4 Å². The number of carbonyl (C=O) groups is 1. The number of esters is 1. The third kappa shape index (κ3) is 3.34. The summed E-state index contributed by atoms with van der Waals surface area (Å²) in [6.45, 7) is 3.20. The summed E-state index contributed by atoms with van der Waals surface area (Å²) >= 11 is 0. The third-order valence-corrected chi connectivity index (χ3v) is 5.43. The summed E-state index contributed by atoms with van der Waals surface area (Å²) in [5.41, 5.74) is 0. The molecule has 4 heteroatoms.